The van der Waals surface area contributed by atoms with E-state index in [0.29, 0.717) is 17.1 Å². The summed E-state index contributed by atoms with van der Waals surface area (Å²) in [5, 5.41) is 2.18. The molecule has 0 fully saturated rings. The maximum atomic E-state index is 9.45. The molecule has 1 aliphatic rings. The SMILES string of the molecule is [2H]C([2H])(c1cc(-c2ccccc2)c(N2[CH-]N(c3[c-]c(Oc4[c-]c5c(cc4)c4ccccc4n5-c4ccc(C(C)(C)C)cn4)ccc3)c3ccccc32)c(-c2ccc(-c3cccc(C(C)(C)C)c3)cc2)c1)C(C)C.[Pt]. The Morgan fingerprint density at radius 1 is 0.569 bits per heavy atom. The Kier molecular flexibility index (Phi) is 12.4. The minimum absolute atomic E-state index is 0. The smallest absolute Gasteiger partial charge is 0.135 e. The van der Waals surface area contributed by atoms with Crippen LogP contribution in [0.3, 0.4) is 0 Å². The maximum absolute atomic E-state index is 9.45. The number of nitrogens with zero attached hydrogens (tertiary/aromatic N) is 4. The molecule has 0 aliphatic carbocycles. The summed E-state index contributed by atoms with van der Waals surface area (Å²) in [5.41, 5.74) is 14.8. The van der Waals surface area contributed by atoms with Crippen LogP contribution in [0.25, 0.3) is 61.0 Å². The van der Waals surface area contributed by atoms with Gasteiger partial charge in [0.2, 0.25) is 0 Å². The molecule has 1 aliphatic heterocycles. The monoisotopic (exact) mass is 1120 g/mol. The number of rotatable bonds is 10. The van der Waals surface area contributed by atoms with Crippen molar-refractivity contribution in [2.45, 2.75) is 72.6 Å². The molecule has 2 aromatic heterocycles. The molecule has 362 valence electrons. The van der Waals surface area contributed by atoms with E-state index in [1.165, 1.54) is 11.1 Å². The number of aromatic nitrogens is 2. The van der Waals surface area contributed by atoms with Crippen molar-refractivity contribution < 1.29 is 28.5 Å². The van der Waals surface area contributed by atoms with Crippen molar-refractivity contribution in [1.29, 1.82) is 0 Å². The normalized spacial score (nSPS) is 13.3. The average Bonchev–Trinajstić information content (AvgIpc) is 3.94. The van der Waals surface area contributed by atoms with E-state index in [2.05, 4.69) is 214 Å². The second-order valence-corrected chi connectivity index (χ2v) is 20.9. The first kappa shape index (κ1) is 45.9. The molecule has 0 N–H and O–H groups in total. The van der Waals surface area contributed by atoms with E-state index in [1.54, 1.807) is 0 Å². The third kappa shape index (κ3) is 9.39. The van der Waals surface area contributed by atoms with Crippen molar-refractivity contribution >= 4 is 44.6 Å². The van der Waals surface area contributed by atoms with Gasteiger partial charge in [-0.15, -0.1) is 48.1 Å². The fourth-order valence-corrected chi connectivity index (χ4v) is 9.75. The quantitative estimate of drug-likeness (QED) is 0.128. The number of anilines is 4. The third-order valence-corrected chi connectivity index (χ3v) is 13.4. The molecule has 10 aromatic rings. The van der Waals surface area contributed by atoms with Gasteiger partial charge in [0.25, 0.3) is 0 Å². The zero-order chi connectivity index (χ0) is 50.8. The summed E-state index contributed by atoms with van der Waals surface area (Å²) in [6, 6.07) is 70.4. The van der Waals surface area contributed by atoms with Crippen LogP contribution in [0.4, 0.5) is 22.7 Å². The number of para-hydroxylation sites is 3. The Labute approximate surface area is 442 Å². The number of hydrogen-bond acceptors (Lipinski definition) is 4. The van der Waals surface area contributed by atoms with Crippen LogP contribution in [0.5, 0.6) is 11.5 Å². The van der Waals surface area contributed by atoms with Crippen LogP contribution >= 0.6 is 0 Å². The molecule has 72 heavy (non-hydrogen) atoms. The van der Waals surface area contributed by atoms with Crippen molar-refractivity contribution in [3.63, 3.8) is 0 Å². The van der Waals surface area contributed by atoms with Crippen LogP contribution < -0.4 is 14.5 Å². The fourth-order valence-electron chi connectivity index (χ4n) is 9.75. The number of hydrogen-bond donors (Lipinski definition) is 0. The van der Waals surface area contributed by atoms with Crippen LogP contribution in [0.15, 0.2) is 188 Å². The molecular formula is C66H59N4OPt-3. The number of pyridine rings is 1. The number of fused-ring (bicyclic) bond motifs is 4. The molecular weight excluding hydrogens is 1060 g/mol. The van der Waals surface area contributed by atoms with Gasteiger partial charge in [-0.3, -0.25) is 0 Å². The molecule has 0 unspecified atom stereocenters. The van der Waals surface area contributed by atoms with Gasteiger partial charge in [-0.05, 0) is 104 Å². The summed E-state index contributed by atoms with van der Waals surface area (Å²) in [6.07, 6.45) is 0.368. The Morgan fingerprint density at radius 3 is 1.89 bits per heavy atom. The Morgan fingerprint density at radius 2 is 1.19 bits per heavy atom. The van der Waals surface area contributed by atoms with Gasteiger partial charge >= 0.3 is 0 Å². The van der Waals surface area contributed by atoms with Crippen molar-refractivity contribution in [1.82, 2.24) is 9.55 Å². The van der Waals surface area contributed by atoms with E-state index in [-0.39, 0.29) is 37.8 Å². The van der Waals surface area contributed by atoms with Gasteiger partial charge in [-0.25, -0.2) is 4.98 Å². The first-order chi connectivity index (χ1) is 35.0. The second kappa shape index (κ2) is 19.4. The second-order valence-electron chi connectivity index (χ2n) is 20.9. The molecule has 0 spiro atoms. The molecule has 6 heteroatoms. The van der Waals surface area contributed by atoms with Gasteiger partial charge in [0.05, 0.1) is 0 Å². The van der Waals surface area contributed by atoms with E-state index >= 15 is 0 Å². The third-order valence-electron chi connectivity index (χ3n) is 13.4. The number of ether oxygens (including phenoxy) is 1. The summed E-state index contributed by atoms with van der Waals surface area (Å²) in [7, 11) is 0. The minimum atomic E-state index is -1.61. The fraction of sp³-hybridized carbons (Fsp3) is 0.182. The average molecular weight is 1120 g/mol. The molecule has 5 nitrogen and oxygen atoms in total. The summed E-state index contributed by atoms with van der Waals surface area (Å²) in [6.45, 7) is 19.4. The van der Waals surface area contributed by atoms with E-state index in [4.69, 9.17) is 9.72 Å². The van der Waals surface area contributed by atoms with Crippen molar-refractivity contribution in [3.05, 3.63) is 224 Å². The summed E-state index contributed by atoms with van der Waals surface area (Å²) in [5.74, 6) is 1.67. The van der Waals surface area contributed by atoms with E-state index in [0.717, 1.165) is 83.8 Å². The van der Waals surface area contributed by atoms with Crippen LogP contribution in [0.1, 0.15) is 74.8 Å². The standard InChI is InChI=1S/C66H59N4O.Pt/c1-44(2)36-45-37-57(47-18-10-9-11-19-47)64(58(38-45)48-30-28-46(29-31-48)49-20-16-21-50(39-49)65(3,4)5)69-43-68(60-26-14-15-27-61(60)69)52-22-17-23-53(40-52)71-54-33-34-56-55-24-12-13-25-59(55)70(62(56)41-54)63-35-32-51(42-67-63)66(6,7)8;/h9-35,37-39,42-44H,36H2,1-8H3;/q-3;/i36D2;. The van der Waals surface area contributed by atoms with Gasteiger partial charge in [-0.1, -0.05) is 176 Å². The zero-order valence-corrected chi connectivity index (χ0v) is 44.3. The number of benzene rings is 8. The van der Waals surface area contributed by atoms with E-state index < -0.39 is 6.37 Å². The minimum Gasteiger partial charge on any atom is -0.509 e. The summed E-state index contributed by atoms with van der Waals surface area (Å²) in [4.78, 5) is 9.38. The Hall–Kier alpha value is -7.20. The Bertz CT molecular complexity index is 3670. The zero-order valence-electron chi connectivity index (χ0n) is 44.1. The van der Waals surface area contributed by atoms with Crippen LogP contribution in [0, 0.1) is 24.7 Å². The molecule has 3 heterocycles. The molecule has 11 rings (SSSR count). The predicted octanol–water partition coefficient (Wildman–Crippen LogP) is 17.8. The molecule has 0 saturated carbocycles. The summed E-state index contributed by atoms with van der Waals surface area (Å²) < 4.78 is 27.8. The largest absolute Gasteiger partial charge is 0.509 e. The maximum Gasteiger partial charge on any atom is 0.135 e. The topological polar surface area (TPSA) is 33.5 Å². The van der Waals surface area contributed by atoms with Crippen molar-refractivity contribution in [2.75, 3.05) is 9.80 Å². The van der Waals surface area contributed by atoms with Crippen molar-refractivity contribution in [2.24, 2.45) is 5.92 Å². The molecule has 0 amide bonds. The van der Waals surface area contributed by atoms with Gasteiger partial charge in [0, 0.05) is 75.2 Å². The predicted molar refractivity (Wildman–Crippen MR) is 296 cm³/mol. The van der Waals surface area contributed by atoms with Gasteiger partial charge in [0.15, 0.2) is 0 Å². The summed E-state index contributed by atoms with van der Waals surface area (Å²) >= 11 is 0. The van der Waals surface area contributed by atoms with Gasteiger partial charge in [0.1, 0.15) is 5.82 Å². The first-order valence-electron chi connectivity index (χ1n) is 25.6. The molecule has 8 aromatic carbocycles. The Balaban J connectivity index is 0.00000626. The van der Waals surface area contributed by atoms with E-state index in [1.807, 2.05) is 62.5 Å². The van der Waals surface area contributed by atoms with Crippen molar-refractivity contribution in [3.8, 4) is 50.7 Å². The van der Waals surface area contributed by atoms with Crippen LogP contribution in [-0.4, -0.2) is 9.55 Å². The van der Waals surface area contributed by atoms with E-state index in [9.17, 15) is 2.74 Å². The van der Waals surface area contributed by atoms with Crippen LogP contribution in [0.2, 0.25) is 0 Å². The van der Waals surface area contributed by atoms with Gasteiger partial charge < -0.3 is 19.1 Å². The van der Waals surface area contributed by atoms with Crippen LogP contribution in [-0.2, 0) is 38.3 Å². The van der Waals surface area contributed by atoms with Gasteiger partial charge in [-0.2, -0.15) is 12.1 Å². The first-order valence-corrected chi connectivity index (χ1v) is 24.6. The molecule has 0 bridgehead atoms. The molecule has 0 radical (unpaired) electrons. The molecule has 0 atom stereocenters. The molecule has 0 saturated heterocycles.